The number of aliphatic hydroxyl groups excluding tert-OH is 1. The van der Waals surface area contributed by atoms with E-state index in [4.69, 9.17) is 4.74 Å². The van der Waals surface area contributed by atoms with Gasteiger partial charge in [0.25, 0.3) is 0 Å². The van der Waals surface area contributed by atoms with Gasteiger partial charge in [0.2, 0.25) is 0 Å². The SMILES string of the molecule is C=C[C@]1(C)C[C@@H](OC(=O)CSC2C[C@H]3CC[C@@H](C2)N3C)C2(C)[C@H](C)CCC3(CCC(=O)[C@H]32)[C@@H](C)[C@@H]1O. The van der Waals surface area contributed by atoms with Crippen molar-refractivity contribution in [1.29, 1.82) is 0 Å². The Labute approximate surface area is 222 Å². The monoisotopic (exact) mass is 517 g/mol. The van der Waals surface area contributed by atoms with Crippen LogP contribution in [0.3, 0.4) is 0 Å². The molecule has 5 aliphatic rings. The van der Waals surface area contributed by atoms with Gasteiger partial charge in [-0.05, 0) is 75.7 Å². The lowest BCUT2D eigenvalue weighted by atomic mass is 9.44. The Hall–Kier alpha value is -0.850. The summed E-state index contributed by atoms with van der Waals surface area (Å²) < 4.78 is 6.42. The van der Waals surface area contributed by atoms with Crippen molar-refractivity contribution in [1.82, 2.24) is 4.90 Å². The van der Waals surface area contributed by atoms with Crippen LogP contribution in [0.4, 0.5) is 0 Å². The van der Waals surface area contributed by atoms with Crippen LogP contribution in [0.2, 0.25) is 0 Å². The Morgan fingerprint density at radius 2 is 1.86 bits per heavy atom. The highest BCUT2D eigenvalue weighted by Gasteiger charge is 2.68. The van der Waals surface area contributed by atoms with Crippen LogP contribution in [0.5, 0.6) is 0 Å². The molecule has 2 aliphatic heterocycles. The van der Waals surface area contributed by atoms with Gasteiger partial charge in [-0.3, -0.25) is 9.59 Å². The van der Waals surface area contributed by atoms with Gasteiger partial charge in [-0.2, -0.15) is 0 Å². The minimum absolute atomic E-state index is 0.00390. The fourth-order valence-electron chi connectivity index (χ4n) is 9.38. The first-order valence-corrected chi connectivity index (χ1v) is 15.4. The Kier molecular flexibility index (Phi) is 6.99. The molecule has 0 radical (unpaired) electrons. The summed E-state index contributed by atoms with van der Waals surface area (Å²) in [7, 11) is 2.24. The number of carbonyl (C=O) groups is 2. The number of piperidine rings is 1. The third-order valence-electron chi connectivity index (χ3n) is 12.1. The quantitative estimate of drug-likeness (QED) is 0.397. The zero-order chi connectivity index (χ0) is 26.0. The van der Waals surface area contributed by atoms with Gasteiger partial charge in [0.15, 0.2) is 0 Å². The maximum atomic E-state index is 13.5. The first-order chi connectivity index (χ1) is 17.0. The molecule has 0 aromatic carbocycles. The van der Waals surface area contributed by atoms with Crippen LogP contribution in [-0.2, 0) is 14.3 Å². The highest BCUT2D eigenvalue weighted by Crippen LogP contribution is 2.68. The standard InChI is InChI=1S/C30H47NO4S/c1-7-28(4)16-24(35-25(33)17-36-22-14-20-8-9-21(15-22)31(20)6)29(5)18(2)10-12-30(19(3)27(28)34)13-11-23(32)26(29)30/h7,18-22,24,26-27,34H,1,8-17H2,2-6H3/t18-,19+,20-,21+,22?,24-,26+,27+,28-,29?,30?/m1/s1. The van der Waals surface area contributed by atoms with Gasteiger partial charge in [0.05, 0.1) is 11.9 Å². The average molecular weight is 518 g/mol. The number of ketones is 1. The lowest BCUT2D eigenvalue weighted by molar-refractivity contribution is -0.205. The second kappa shape index (κ2) is 9.41. The highest BCUT2D eigenvalue weighted by molar-refractivity contribution is 8.00. The van der Waals surface area contributed by atoms with Crippen molar-refractivity contribution in [3.63, 3.8) is 0 Å². The number of aliphatic hydroxyl groups is 1. The van der Waals surface area contributed by atoms with Crippen molar-refractivity contribution in [3.8, 4) is 0 Å². The molecule has 0 spiro atoms. The zero-order valence-electron chi connectivity index (χ0n) is 23.0. The van der Waals surface area contributed by atoms with E-state index in [0.717, 1.165) is 32.1 Å². The molecule has 202 valence electrons. The van der Waals surface area contributed by atoms with Crippen LogP contribution in [0.15, 0.2) is 12.7 Å². The summed E-state index contributed by atoms with van der Waals surface area (Å²) in [6.07, 6.45) is 9.58. The van der Waals surface area contributed by atoms with E-state index in [1.165, 1.54) is 12.8 Å². The smallest absolute Gasteiger partial charge is 0.316 e. The molecule has 1 N–H and O–H groups in total. The number of hydrogen-bond acceptors (Lipinski definition) is 6. The summed E-state index contributed by atoms with van der Waals surface area (Å²) in [5, 5.41) is 12.2. The van der Waals surface area contributed by atoms with E-state index in [1.807, 2.05) is 6.08 Å². The van der Waals surface area contributed by atoms with Gasteiger partial charge in [-0.25, -0.2) is 0 Å². The highest BCUT2D eigenvalue weighted by atomic mass is 32.2. The number of ether oxygens (including phenoxy) is 1. The predicted molar refractivity (Wildman–Crippen MR) is 145 cm³/mol. The van der Waals surface area contributed by atoms with Gasteiger partial charge in [0.1, 0.15) is 11.9 Å². The molecular weight excluding hydrogens is 470 g/mol. The second-order valence-corrected chi connectivity index (χ2v) is 14.8. The Morgan fingerprint density at radius 3 is 2.50 bits per heavy atom. The molecule has 5 fully saturated rings. The lowest BCUT2D eigenvalue weighted by Gasteiger charge is -2.61. The molecule has 5 nitrogen and oxygen atoms in total. The number of nitrogens with zero attached hydrogens (tertiary/aromatic N) is 1. The number of Topliss-reactive ketones (excluding diaryl/α,β-unsaturated/α-hetero) is 1. The Bertz CT molecular complexity index is 895. The topological polar surface area (TPSA) is 66.8 Å². The molecule has 3 unspecified atom stereocenters. The Balaban J connectivity index is 1.39. The third kappa shape index (κ3) is 3.95. The van der Waals surface area contributed by atoms with E-state index < -0.39 is 23.0 Å². The van der Waals surface area contributed by atoms with Crippen molar-refractivity contribution in [2.75, 3.05) is 12.8 Å². The molecule has 36 heavy (non-hydrogen) atoms. The van der Waals surface area contributed by atoms with Crippen molar-refractivity contribution >= 4 is 23.5 Å². The van der Waals surface area contributed by atoms with Crippen LogP contribution in [0.25, 0.3) is 0 Å². The van der Waals surface area contributed by atoms with E-state index in [-0.39, 0.29) is 29.1 Å². The molecule has 3 aliphatic carbocycles. The average Bonchev–Trinajstić information content (AvgIpc) is 3.28. The lowest BCUT2D eigenvalue weighted by Crippen LogP contribution is -2.63. The van der Waals surface area contributed by atoms with Crippen molar-refractivity contribution in [3.05, 3.63) is 12.7 Å². The second-order valence-electron chi connectivity index (χ2n) is 13.5. The molecule has 5 rings (SSSR count). The maximum Gasteiger partial charge on any atom is 0.316 e. The predicted octanol–water partition coefficient (Wildman–Crippen LogP) is 5.25. The van der Waals surface area contributed by atoms with Gasteiger partial charge in [-0.1, -0.05) is 33.8 Å². The van der Waals surface area contributed by atoms with Gasteiger partial charge in [-0.15, -0.1) is 18.3 Å². The Morgan fingerprint density at radius 1 is 1.19 bits per heavy atom. The third-order valence-corrected chi connectivity index (χ3v) is 13.3. The molecule has 11 atom stereocenters. The number of esters is 1. The number of thioether (sulfide) groups is 1. The van der Waals surface area contributed by atoms with Crippen LogP contribution >= 0.6 is 11.8 Å². The zero-order valence-corrected chi connectivity index (χ0v) is 23.8. The molecule has 0 amide bonds. The maximum absolute atomic E-state index is 13.5. The van der Waals surface area contributed by atoms with E-state index in [9.17, 15) is 14.7 Å². The summed E-state index contributed by atoms with van der Waals surface area (Å²) in [5.74, 6) is 0.605. The largest absolute Gasteiger partial charge is 0.461 e. The van der Waals surface area contributed by atoms with Gasteiger partial charge >= 0.3 is 5.97 Å². The number of fused-ring (bicyclic) bond motifs is 2. The first-order valence-electron chi connectivity index (χ1n) is 14.3. The van der Waals surface area contributed by atoms with E-state index >= 15 is 0 Å². The van der Waals surface area contributed by atoms with Crippen molar-refractivity contribution in [2.24, 2.45) is 34.0 Å². The molecule has 2 saturated heterocycles. The summed E-state index contributed by atoms with van der Waals surface area (Å²) in [5.41, 5.74) is -1.24. The summed E-state index contributed by atoms with van der Waals surface area (Å²) in [6, 6.07) is 1.31. The fraction of sp³-hybridized carbons (Fsp3) is 0.867. The van der Waals surface area contributed by atoms with Crippen LogP contribution in [0.1, 0.15) is 85.5 Å². The van der Waals surface area contributed by atoms with Crippen molar-refractivity contribution < 1.29 is 19.4 Å². The number of carbonyl (C=O) groups excluding carboxylic acids is 2. The number of rotatable bonds is 5. The molecule has 0 aromatic rings. The molecule has 2 heterocycles. The fourth-order valence-corrected chi connectivity index (χ4v) is 10.5. The first kappa shape index (κ1) is 26.7. The minimum atomic E-state index is -0.619. The van der Waals surface area contributed by atoms with Crippen molar-refractivity contribution in [2.45, 2.75) is 115 Å². The van der Waals surface area contributed by atoms with Gasteiger partial charge < -0.3 is 14.7 Å². The molecule has 4 bridgehead atoms. The summed E-state index contributed by atoms with van der Waals surface area (Å²) in [4.78, 5) is 29.4. The summed E-state index contributed by atoms with van der Waals surface area (Å²) in [6.45, 7) is 12.8. The van der Waals surface area contributed by atoms with Crippen LogP contribution in [0, 0.1) is 34.0 Å². The van der Waals surface area contributed by atoms with Crippen LogP contribution in [-0.4, -0.2) is 64.1 Å². The van der Waals surface area contributed by atoms with E-state index in [2.05, 4.69) is 46.2 Å². The van der Waals surface area contributed by atoms with E-state index in [1.54, 1.807) is 11.8 Å². The normalized spacial score (nSPS) is 50.8. The molecule has 0 aromatic heterocycles. The molecule has 6 heteroatoms. The number of hydrogen-bond donors (Lipinski definition) is 1. The molecule has 3 saturated carbocycles. The van der Waals surface area contributed by atoms with Gasteiger partial charge in [0, 0.05) is 40.5 Å². The molecular formula is C30H47NO4S. The van der Waals surface area contributed by atoms with E-state index in [0.29, 0.717) is 41.7 Å². The minimum Gasteiger partial charge on any atom is -0.461 e. The van der Waals surface area contributed by atoms with Crippen LogP contribution < -0.4 is 0 Å². The summed E-state index contributed by atoms with van der Waals surface area (Å²) >= 11 is 1.76.